The highest BCUT2D eigenvalue weighted by Crippen LogP contribution is 2.38. The van der Waals surface area contributed by atoms with Gasteiger partial charge in [0.05, 0.1) is 19.9 Å². The van der Waals surface area contributed by atoms with Crippen LogP contribution in [0.25, 0.3) is 21.7 Å². The molecule has 1 aromatic carbocycles. The molecule has 3 nitrogen and oxygen atoms in total. The van der Waals surface area contributed by atoms with Crippen LogP contribution >= 0.6 is 27.3 Å². The highest BCUT2D eigenvalue weighted by molar-refractivity contribution is 9.11. The monoisotopic (exact) mass is 337 g/mol. The summed E-state index contributed by atoms with van der Waals surface area (Å²) in [7, 11) is 0. The van der Waals surface area contributed by atoms with Gasteiger partial charge in [-0.15, -0.1) is 11.3 Å². The van der Waals surface area contributed by atoms with E-state index in [-0.39, 0.29) is 5.82 Å². The van der Waals surface area contributed by atoms with Gasteiger partial charge in [0, 0.05) is 0 Å². The number of rotatable bonds is 2. The maximum Gasteiger partial charge on any atom is 0.153 e. The van der Waals surface area contributed by atoms with Crippen molar-refractivity contribution in [3.8, 4) is 21.7 Å². The van der Waals surface area contributed by atoms with Gasteiger partial charge in [0.25, 0.3) is 0 Å². The molecule has 0 aliphatic carbocycles. The Bertz CT molecular complexity index is 718. The fourth-order valence-corrected chi connectivity index (χ4v) is 3.28. The van der Waals surface area contributed by atoms with Crippen LogP contribution in [0.2, 0.25) is 0 Å². The second kappa shape index (κ2) is 4.79. The van der Waals surface area contributed by atoms with E-state index in [0.717, 1.165) is 25.5 Å². The third kappa shape index (κ3) is 2.29. The van der Waals surface area contributed by atoms with Gasteiger partial charge in [0.2, 0.25) is 0 Å². The molecular weight excluding hydrogens is 329 g/mol. The Hall–Kier alpha value is -1.66. The Kier molecular flexibility index (Phi) is 3.12. The Balaban J connectivity index is 2.16. The first kappa shape index (κ1) is 12.4. The van der Waals surface area contributed by atoms with Crippen LogP contribution in [0.15, 0.2) is 40.2 Å². The topological polar surface area (TPSA) is 54.7 Å². The summed E-state index contributed by atoms with van der Waals surface area (Å²) in [6.45, 7) is 0. The molecule has 0 saturated heterocycles. The first-order chi connectivity index (χ1) is 9.15. The largest absolute Gasteiger partial charge is 0.382 e. The molecule has 0 fully saturated rings. The summed E-state index contributed by atoms with van der Waals surface area (Å²) >= 11 is 5.01. The van der Waals surface area contributed by atoms with E-state index in [1.807, 2.05) is 12.1 Å². The van der Waals surface area contributed by atoms with Crippen molar-refractivity contribution in [1.29, 1.82) is 0 Å². The molecule has 0 spiro atoms. The number of H-pyrrole nitrogens is 1. The van der Waals surface area contributed by atoms with Crippen molar-refractivity contribution in [2.75, 3.05) is 5.73 Å². The summed E-state index contributed by atoms with van der Waals surface area (Å²) in [6.07, 6.45) is 0. The molecule has 0 aliphatic rings. The number of benzene rings is 1. The van der Waals surface area contributed by atoms with Crippen LogP contribution in [0.1, 0.15) is 0 Å². The number of hydrogen-bond acceptors (Lipinski definition) is 3. The van der Waals surface area contributed by atoms with Crippen molar-refractivity contribution in [2.24, 2.45) is 0 Å². The van der Waals surface area contributed by atoms with Gasteiger partial charge < -0.3 is 5.73 Å². The molecule has 19 heavy (non-hydrogen) atoms. The minimum Gasteiger partial charge on any atom is -0.382 e. The number of thiophene rings is 1. The van der Waals surface area contributed by atoms with E-state index in [4.69, 9.17) is 5.73 Å². The fourth-order valence-electron chi connectivity index (χ4n) is 1.89. The minimum absolute atomic E-state index is 0.272. The molecule has 6 heteroatoms. The van der Waals surface area contributed by atoms with Crippen molar-refractivity contribution in [3.63, 3.8) is 0 Å². The van der Waals surface area contributed by atoms with Crippen molar-refractivity contribution in [2.45, 2.75) is 0 Å². The Labute approximate surface area is 121 Å². The van der Waals surface area contributed by atoms with Crippen LogP contribution in [0.4, 0.5) is 10.2 Å². The highest BCUT2D eigenvalue weighted by atomic mass is 79.9. The molecule has 0 amide bonds. The van der Waals surface area contributed by atoms with Crippen molar-refractivity contribution in [1.82, 2.24) is 10.2 Å². The maximum absolute atomic E-state index is 13.0. The molecule has 0 saturated carbocycles. The number of anilines is 1. The zero-order valence-corrected chi connectivity index (χ0v) is 12.1. The lowest BCUT2D eigenvalue weighted by Crippen LogP contribution is -1.88. The molecule has 3 N–H and O–H groups in total. The summed E-state index contributed by atoms with van der Waals surface area (Å²) in [5.41, 5.74) is 8.40. The van der Waals surface area contributed by atoms with E-state index in [2.05, 4.69) is 26.1 Å². The number of aromatic nitrogens is 2. The van der Waals surface area contributed by atoms with Crippen LogP contribution in [-0.4, -0.2) is 10.2 Å². The average Bonchev–Trinajstić information content (AvgIpc) is 2.97. The number of halogens is 2. The molecule has 2 aromatic heterocycles. The molecule has 0 bridgehead atoms. The van der Waals surface area contributed by atoms with Gasteiger partial charge >= 0.3 is 0 Å². The Morgan fingerprint density at radius 1 is 1.16 bits per heavy atom. The molecule has 0 atom stereocenters. The molecular formula is C13H9BrFN3S. The average molecular weight is 338 g/mol. The molecule has 3 aromatic rings. The second-order valence-electron chi connectivity index (χ2n) is 3.97. The lowest BCUT2D eigenvalue weighted by Gasteiger charge is -2.02. The molecule has 0 aliphatic heterocycles. The van der Waals surface area contributed by atoms with Gasteiger partial charge in [0.15, 0.2) is 5.82 Å². The summed E-state index contributed by atoms with van der Waals surface area (Å²) < 4.78 is 14.0. The minimum atomic E-state index is -0.272. The molecule has 0 unspecified atom stereocenters. The normalized spacial score (nSPS) is 10.8. The number of nitrogens with one attached hydrogen (secondary N) is 1. The van der Waals surface area contributed by atoms with E-state index < -0.39 is 0 Å². The van der Waals surface area contributed by atoms with Crippen molar-refractivity contribution >= 4 is 33.1 Å². The first-order valence-corrected chi connectivity index (χ1v) is 7.11. The van der Waals surface area contributed by atoms with Gasteiger partial charge in [-0.25, -0.2) is 4.39 Å². The number of nitrogen functional groups attached to an aromatic ring is 1. The van der Waals surface area contributed by atoms with Gasteiger partial charge in [-0.05, 0) is 45.8 Å². The van der Waals surface area contributed by atoms with Gasteiger partial charge in [-0.1, -0.05) is 12.1 Å². The first-order valence-electron chi connectivity index (χ1n) is 5.50. The van der Waals surface area contributed by atoms with Crippen LogP contribution in [0, 0.1) is 5.82 Å². The Morgan fingerprint density at radius 2 is 1.89 bits per heavy atom. The van der Waals surface area contributed by atoms with E-state index in [9.17, 15) is 4.39 Å². The summed E-state index contributed by atoms with van der Waals surface area (Å²) in [6, 6.07) is 10.2. The number of nitrogens with two attached hydrogens (primary N) is 1. The van der Waals surface area contributed by atoms with Gasteiger partial charge in [0.1, 0.15) is 5.82 Å². The smallest absolute Gasteiger partial charge is 0.153 e. The standard InChI is InChI=1S/C13H9BrFN3S/c14-10-6-5-9(19-10)12-11(13(16)18-17-12)7-1-3-8(15)4-2-7/h1-6H,(H3,16,17,18). The number of nitrogens with zero attached hydrogens (tertiary/aromatic N) is 1. The lowest BCUT2D eigenvalue weighted by molar-refractivity contribution is 0.628. The Morgan fingerprint density at radius 3 is 2.53 bits per heavy atom. The van der Waals surface area contributed by atoms with E-state index in [1.54, 1.807) is 23.5 Å². The molecule has 2 heterocycles. The van der Waals surface area contributed by atoms with Gasteiger partial charge in [-0.2, -0.15) is 5.10 Å². The third-order valence-corrected chi connectivity index (χ3v) is 4.39. The predicted molar refractivity (Wildman–Crippen MR) is 79.4 cm³/mol. The fraction of sp³-hybridized carbons (Fsp3) is 0. The second-order valence-corrected chi connectivity index (χ2v) is 6.43. The SMILES string of the molecule is Nc1n[nH]c(-c2ccc(Br)s2)c1-c1ccc(F)cc1. The highest BCUT2D eigenvalue weighted by Gasteiger charge is 2.16. The number of aromatic amines is 1. The van der Waals surface area contributed by atoms with E-state index in [1.165, 1.54) is 12.1 Å². The van der Waals surface area contributed by atoms with Crippen LogP contribution in [0.5, 0.6) is 0 Å². The summed E-state index contributed by atoms with van der Waals surface area (Å²) in [4.78, 5) is 1.02. The van der Waals surface area contributed by atoms with Crippen molar-refractivity contribution < 1.29 is 4.39 Å². The lowest BCUT2D eigenvalue weighted by atomic mass is 10.0. The summed E-state index contributed by atoms with van der Waals surface area (Å²) in [5, 5.41) is 6.99. The molecule has 96 valence electrons. The van der Waals surface area contributed by atoms with E-state index in [0.29, 0.717) is 5.82 Å². The maximum atomic E-state index is 13.0. The zero-order valence-electron chi connectivity index (χ0n) is 9.65. The van der Waals surface area contributed by atoms with Crippen molar-refractivity contribution in [3.05, 3.63) is 46.0 Å². The molecule has 3 rings (SSSR count). The zero-order chi connectivity index (χ0) is 13.4. The van der Waals surface area contributed by atoms with E-state index >= 15 is 0 Å². The van der Waals surface area contributed by atoms with Crippen LogP contribution < -0.4 is 5.73 Å². The van der Waals surface area contributed by atoms with Crippen LogP contribution in [-0.2, 0) is 0 Å². The van der Waals surface area contributed by atoms with Gasteiger partial charge in [-0.3, -0.25) is 5.10 Å². The van der Waals surface area contributed by atoms with Crippen LogP contribution in [0.3, 0.4) is 0 Å². The summed E-state index contributed by atoms with van der Waals surface area (Å²) in [5.74, 6) is 0.136. The third-order valence-electron chi connectivity index (χ3n) is 2.75. The number of hydrogen-bond donors (Lipinski definition) is 2. The molecule has 0 radical (unpaired) electrons. The predicted octanol–water partition coefficient (Wildman–Crippen LogP) is 4.29. The quantitative estimate of drug-likeness (QED) is 0.732.